The Hall–Kier alpha value is -0.730. The zero-order chi connectivity index (χ0) is 9.61. The van der Waals surface area contributed by atoms with Crippen molar-refractivity contribution in [2.45, 2.75) is 46.1 Å². The number of hydrogen-bond donors (Lipinski definition) is 2. The maximum atomic E-state index is 5.64. The Bertz CT molecular complexity index is 150. The predicted octanol–water partition coefficient (Wildman–Crippen LogP) is 1.49. The highest BCUT2D eigenvalue weighted by Crippen LogP contribution is 2.09. The third-order valence-corrected chi connectivity index (χ3v) is 1.67. The first kappa shape index (κ1) is 11.3. The van der Waals surface area contributed by atoms with Gasteiger partial charge in [0.05, 0.1) is 0 Å². The molecule has 0 heterocycles. The van der Waals surface area contributed by atoms with Gasteiger partial charge >= 0.3 is 0 Å². The molecular formula is C9H21N3. The SMILES string of the molecule is CCCC(C)(C)NC(N)=NCC. The minimum absolute atomic E-state index is 0.0670. The molecule has 12 heavy (non-hydrogen) atoms. The van der Waals surface area contributed by atoms with Gasteiger partial charge in [-0.05, 0) is 27.2 Å². The highest BCUT2D eigenvalue weighted by Gasteiger charge is 2.15. The highest BCUT2D eigenvalue weighted by atomic mass is 15.1. The fourth-order valence-electron chi connectivity index (χ4n) is 1.24. The Labute approximate surface area is 75.4 Å². The van der Waals surface area contributed by atoms with Crippen LogP contribution in [0.1, 0.15) is 40.5 Å². The van der Waals surface area contributed by atoms with Gasteiger partial charge in [0.1, 0.15) is 0 Å². The van der Waals surface area contributed by atoms with E-state index in [4.69, 9.17) is 5.73 Å². The summed E-state index contributed by atoms with van der Waals surface area (Å²) in [5, 5.41) is 3.19. The van der Waals surface area contributed by atoms with Crippen molar-refractivity contribution in [2.75, 3.05) is 6.54 Å². The topological polar surface area (TPSA) is 50.4 Å². The van der Waals surface area contributed by atoms with E-state index in [9.17, 15) is 0 Å². The van der Waals surface area contributed by atoms with Gasteiger partial charge < -0.3 is 11.1 Å². The van der Waals surface area contributed by atoms with Gasteiger partial charge in [0.25, 0.3) is 0 Å². The van der Waals surface area contributed by atoms with E-state index in [1.807, 2.05) is 6.92 Å². The van der Waals surface area contributed by atoms with Crippen LogP contribution in [0.4, 0.5) is 0 Å². The quantitative estimate of drug-likeness (QED) is 0.497. The smallest absolute Gasteiger partial charge is 0.188 e. The van der Waals surface area contributed by atoms with Crippen LogP contribution in [0.15, 0.2) is 4.99 Å². The molecule has 0 aliphatic rings. The van der Waals surface area contributed by atoms with Crippen LogP contribution in [-0.4, -0.2) is 18.0 Å². The standard InChI is InChI=1S/C9H21N3/c1-5-7-9(3,4)12-8(10)11-6-2/h5-7H2,1-4H3,(H3,10,11,12). The number of aliphatic imine (C=N–C) groups is 1. The second-order valence-electron chi connectivity index (χ2n) is 3.62. The van der Waals surface area contributed by atoms with E-state index in [0.29, 0.717) is 5.96 Å². The summed E-state index contributed by atoms with van der Waals surface area (Å²) in [7, 11) is 0. The van der Waals surface area contributed by atoms with Gasteiger partial charge in [0.2, 0.25) is 0 Å². The zero-order valence-corrected chi connectivity index (χ0v) is 8.65. The number of rotatable bonds is 4. The van der Waals surface area contributed by atoms with E-state index in [-0.39, 0.29) is 5.54 Å². The average Bonchev–Trinajstić information content (AvgIpc) is 1.85. The van der Waals surface area contributed by atoms with Gasteiger partial charge in [0.15, 0.2) is 5.96 Å². The molecule has 0 rings (SSSR count). The normalized spacial score (nSPS) is 13.2. The molecule has 0 spiro atoms. The Morgan fingerprint density at radius 2 is 2.00 bits per heavy atom. The summed E-state index contributed by atoms with van der Waals surface area (Å²) in [6.45, 7) is 9.14. The molecule has 0 radical (unpaired) electrons. The molecule has 0 amide bonds. The van der Waals surface area contributed by atoms with Gasteiger partial charge in [0, 0.05) is 12.1 Å². The highest BCUT2D eigenvalue weighted by molar-refractivity contribution is 5.78. The van der Waals surface area contributed by atoms with Crippen LogP contribution in [-0.2, 0) is 0 Å². The molecule has 0 aromatic heterocycles. The van der Waals surface area contributed by atoms with Crippen molar-refractivity contribution in [2.24, 2.45) is 10.7 Å². The maximum Gasteiger partial charge on any atom is 0.188 e. The molecule has 0 saturated heterocycles. The summed E-state index contributed by atoms with van der Waals surface area (Å²) in [5.74, 6) is 0.552. The molecule has 0 aromatic carbocycles. The number of nitrogens with zero attached hydrogens (tertiary/aromatic N) is 1. The number of nitrogens with one attached hydrogen (secondary N) is 1. The van der Waals surface area contributed by atoms with Gasteiger partial charge in [-0.25, -0.2) is 0 Å². The van der Waals surface area contributed by atoms with Gasteiger partial charge in [-0.2, -0.15) is 0 Å². The van der Waals surface area contributed by atoms with Crippen molar-refractivity contribution in [3.05, 3.63) is 0 Å². The van der Waals surface area contributed by atoms with Crippen molar-refractivity contribution in [1.82, 2.24) is 5.32 Å². The minimum Gasteiger partial charge on any atom is -0.370 e. The number of hydrogen-bond acceptors (Lipinski definition) is 1. The lowest BCUT2D eigenvalue weighted by Crippen LogP contribution is -2.47. The van der Waals surface area contributed by atoms with Crippen molar-refractivity contribution in [3.63, 3.8) is 0 Å². The fourth-order valence-corrected chi connectivity index (χ4v) is 1.24. The molecule has 0 aliphatic heterocycles. The Morgan fingerprint density at radius 3 is 2.42 bits per heavy atom. The molecule has 0 atom stereocenters. The molecule has 0 aromatic rings. The lowest BCUT2D eigenvalue weighted by molar-refractivity contribution is 0.418. The molecular weight excluding hydrogens is 150 g/mol. The van der Waals surface area contributed by atoms with E-state index in [1.165, 1.54) is 0 Å². The third kappa shape index (κ3) is 4.99. The van der Waals surface area contributed by atoms with Crippen LogP contribution in [0, 0.1) is 0 Å². The Morgan fingerprint density at radius 1 is 1.42 bits per heavy atom. The summed E-state index contributed by atoms with van der Waals surface area (Å²) in [5.41, 5.74) is 5.71. The third-order valence-electron chi connectivity index (χ3n) is 1.67. The summed E-state index contributed by atoms with van der Waals surface area (Å²) in [6, 6.07) is 0. The Balaban J connectivity index is 3.95. The zero-order valence-electron chi connectivity index (χ0n) is 8.65. The summed E-state index contributed by atoms with van der Waals surface area (Å²) >= 11 is 0. The molecule has 0 aliphatic carbocycles. The van der Waals surface area contributed by atoms with Crippen LogP contribution in [0.2, 0.25) is 0 Å². The molecule has 0 unspecified atom stereocenters. The summed E-state index contributed by atoms with van der Waals surface area (Å²) < 4.78 is 0. The monoisotopic (exact) mass is 171 g/mol. The second kappa shape index (κ2) is 5.01. The number of nitrogens with two attached hydrogens (primary N) is 1. The lowest BCUT2D eigenvalue weighted by Gasteiger charge is -2.26. The van der Waals surface area contributed by atoms with E-state index < -0.39 is 0 Å². The van der Waals surface area contributed by atoms with E-state index in [1.54, 1.807) is 0 Å². The van der Waals surface area contributed by atoms with Crippen molar-refractivity contribution < 1.29 is 0 Å². The molecule has 0 saturated carbocycles. The van der Waals surface area contributed by atoms with E-state index in [2.05, 4.69) is 31.1 Å². The summed E-state index contributed by atoms with van der Waals surface area (Å²) in [4.78, 5) is 4.08. The van der Waals surface area contributed by atoms with Gasteiger partial charge in [-0.15, -0.1) is 0 Å². The average molecular weight is 171 g/mol. The second-order valence-corrected chi connectivity index (χ2v) is 3.62. The lowest BCUT2D eigenvalue weighted by atomic mass is 9.99. The summed E-state index contributed by atoms with van der Waals surface area (Å²) in [6.07, 6.45) is 2.26. The van der Waals surface area contributed by atoms with Crippen LogP contribution in [0.25, 0.3) is 0 Å². The maximum absolute atomic E-state index is 5.64. The predicted molar refractivity (Wildman–Crippen MR) is 54.3 cm³/mol. The molecule has 72 valence electrons. The molecule has 0 fully saturated rings. The number of guanidine groups is 1. The minimum atomic E-state index is 0.0670. The van der Waals surface area contributed by atoms with E-state index >= 15 is 0 Å². The molecule has 3 heteroatoms. The first-order valence-electron chi connectivity index (χ1n) is 4.60. The van der Waals surface area contributed by atoms with Crippen molar-refractivity contribution >= 4 is 5.96 Å². The Kier molecular flexibility index (Phi) is 4.71. The van der Waals surface area contributed by atoms with Crippen molar-refractivity contribution in [1.29, 1.82) is 0 Å². The van der Waals surface area contributed by atoms with Crippen molar-refractivity contribution in [3.8, 4) is 0 Å². The molecule has 0 bridgehead atoms. The molecule has 3 nitrogen and oxygen atoms in total. The van der Waals surface area contributed by atoms with Crippen LogP contribution >= 0.6 is 0 Å². The molecule has 3 N–H and O–H groups in total. The largest absolute Gasteiger partial charge is 0.370 e. The van der Waals surface area contributed by atoms with E-state index in [0.717, 1.165) is 19.4 Å². The fraction of sp³-hybridized carbons (Fsp3) is 0.889. The van der Waals surface area contributed by atoms with Crippen LogP contribution in [0.3, 0.4) is 0 Å². The first-order valence-corrected chi connectivity index (χ1v) is 4.60. The first-order chi connectivity index (χ1) is 5.52. The van der Waals surface area contributed by atoms with Gasteiger partial charge in [-0.3, -0.25) is 4.99 Å². The van der Waals surface area contributed by atoms with Crippen LogP contribution < -0.4 is 11.1 Å². The van der Waals surface area contributed by atoms with Gasteiger partial charge in [-0.1, -0.05) is 13.3 Å². The van der Waals surface area contributed by atoms with Crippen LogP contribution in [0.5, 0.6) is 0 Å².